The topological polar surface area (TPSA) is 82.6 Å². The summed E-state index contributed by atoms with van der Waals surface area (Å²) >= 11 is 0. The highest BCUT2D eigenvalue weighted by atomic mass is 16.6. The smallest absolute Gasteiger partial charge is 0.341 e. The molecule has 7 nitrogen and oxygen atoms in total. The van der Waals surface area contributed by atoms with E-state index in [0.29, 0.717) is 30.2 Å². The zero-order chi connectivity index (χ0) is 27.6. The van der Waals surface area contributed by atoms with Crippen molar-refractivity contribution in [2.75, 3.05) is 31.1 Å². The fraction of sp³-hybridized carbons (Fsp3) is 0.375. The average Bonchev–Trinajstić information content (AvgIpc) is 3.42. The van der Waals surface area contributed by atoms with E-state index in [1.807, 2.05) is 12.1 Å². The molecule has 2 aromatic heterocycles. The van der Waals surface area contributed by atoms with Crippen LogP contribution in [0.4, 0.5) is 5.69 Å². The number of benzene rings is 2. The van der Waals surface area contributed by atoms with Crippen LogP contribution < -0.4 is 15.4 Å². The molecule has 1 atom stereocenters. The lowest BCUT2D eigenvalue weighted by molar-refractivity contribution is 0.0237. The van der Waals surface area contributed by atoms with Gasteiger partial charge < -0.3 is 24.7 Å². The van der Waals surface area contributed by atoms with Crippen LogP contribution in [0.15, 0.2) is 60.8 Å². The molecule has 0 bridgehead atoms. The quantitative estimate of drug-likeness (QED) is 0.197. The van der Waals surface area contributed by atoms with Crippen LogP contribution in [0.2, 0.25) is 0 Å². The highest BCUT2D eigenvalue weighted by molar-refractivity contribution is 5.98. The minimum absolute atomic E-state index is 0.382. The molecular formula is C32H38N4O3. The molecule has 0 saturated heterocycles. The van der Waals surface area contributed by atoms with Crippen molar-refractivity contribution in [1.82, 2.24) is 9.55 Å². The van der Waals surface area contributed by atoms with Crippen LogP contribution in [-0.2, 0) is 16.9 Å². The van der Waals surface area contributed by atoms with Gasteiger partial charge in [0.2, 0.25) is 5.60 Å². The van der Waals surface area contributed by atoms with E-state index in [4.69, 9.17) is 20.2 Å². The maximum atomic E-state index is 13.5. The van der Waals surface area contributed by atoms with Gasteiger partial charge in [0.1, 0.15) is 11.4 Å². The fourth-order valence-corrected chi connectivity index (χ4v) is 6.00. The Kier molecular flexibility index (Phi) is 7.62. The summed E-state index contributed by atoms with van der Waals surface area (Å²) in [4.78, 5) is 20.6. The van der Waals surface area contributed by atoms with Gasteiger partial charge in [-0.1, -0.05) is 18.2 Å². The summed E-state index contributed by atoms with van der Waals surface area (Å²) in [6, 6.07) is 18.1. The third kappa shape index (κ3) is 4.35. The van der Waals surface area contributed by atoms with Crippen LogP contribution in [0.5, 0.6) is 5.75 Å². The second-order valence-corrected chi connectivity index (χ2v) is 9.89. The van der Waals surface area contributed by atoms with Gasteiger partial charge in [-0.2, -0.15) is 0 Å². The molecule has 4 aromatic rings. The molecule has 0 aliphatic carbocycles. The van der Waals surface area contributed by atoms with Gasteiger partial charge in [0, 0.05) is 65.3 Å². The minimum Gasteiger partial charge on any atom is -0.493 e. The number of para-hydroxylation sites is 1. The number of nitrogens with two attached hydrogens (primary N) is 1. The van der Waals surface area contributed by atoms with Crippen LogP contribution in [0.1, 0.15) is 66.5 Å². The zero-order valence-electron chi connectivity index (χ0n) is 23.4. The van der Waals surface area contributed by atoms with Gasteiger partial charge in [-0.25, -0.2) is 4.79 Å². The number of anilines is 1. The maximum absolute atomic E-state index is 13.5. The first-order valence-corrected chi connectivity index (χ1v) is 14.0. The number of nitrogens with zero attached hydrogens (tertiary/aromatic N) is 3. The van der Waals surface area contributed by atoms with E-state index in [1.54, 1.807) is 18.3 Å². The number of aryl methyl sites for hydroxylation is 1. The second kappa shape index (κ2) is 11.1. The Bertz CT molecular complexity index is 1490. The summed E-state index contributed by atoms with van der Waals surface area (Å²) in [7, 11) is 0. The summed E-state index contributed by atoms with van der Waals surface area (Å²) in [5, 5.41) is 1.03. The number of fused-ring (bicyclic) bond motifs is 2. The van der Waals surface area contributed by atoms with E-state index >= 15 is 0 Å². The Hall–Kier alpha value is -3.84. The molecule has 1 aliphatic rings. The number of hydrogen-bond donors (Lipinski definition) is 1. The first kappa shape index (κ1) is 26.8. The summed E-state index contributed by atoms with van der Waals surface area (Å²) < 4.78 is 15.3. The van der Waals surface area contributed by atoms with Gasteiger partial charge in [0.25, 0.3) is 0 Å². The van der Waals surface area contributed by atoms with Crippen molar-refractivity contribution in [3.63, 3.8) is 0 Å². The summed E-state index contributed by atoms with van der Waals surface area (Å²) in [5.74, 6) is 0.309. The van der Waals surface area contributed by atoms with E-state index < -0.39 is 5.60 Å². The first-order valence-electron chi connectivity index (χ1n) is 14.0. The molecule has 3 heterocycles. The Labute approximate surface area is 230 Å². The van der Waals surface area contributed by atoms with Gasteiger partial charge in [0.05, 0.1) is 12.2 Å². The van der Waals surface area contributed by atoms with Crippen molar-refractivity contribution in [3.8, 4) is 5.75 Å². The standard InChI is InChI=1S/C32H38N4O3/c1-5-35(6-2)23-16-17-26(28(21-23)38-20-11-10-18-33)32(30-25(31(37)39-32)14-12-19-34-30)29-22(4)36(7-3)27-15-9-8-13-24(27)29/h8-9,12-17,19,21H,5-7,10-11,18,20,33H2,1-4H3. The molecule has 39 heavy (non-hydrogen) atoms. The molecule has 204 valence electrons. The molecule has 7 heteroatoms. The molecule has 0 spiro atoms. The molecule has 0 radical (unpaired) electrons. The number of carbonyl (C=O) groups excluding carboxylic acids is 1. The van der Waals surface area contributed by atoms with E-state index in [0.717, 1.165) is 65.9 Å². The predicted octanol–water partition coefficient (Wildman–Crippen LogP) is 5.79. The number of pyridine rings is 1. The molecule has 5 rings (SSSR count). The maximum Gasteiger partial charge on any atom is 0.341 e. The van der Waals surface area contributed by atoms with Crippen LogP contribution in [-0.4, -0.2) is 41.8 Å². The summed E-state index contributed by atoms with van der Waals surface area (Å²) in [6.45, 7) is 12.2. The van der Waals surface area contributed by atoms with Crippen molar-refractivity contribution in [2.24, 2.45) is 5.73 Å². The molecule has 0 amide bonds. The van der Waals surface area contributed by atoms with E-state index in [2.05, 4.69) is 67.5 Å². The normalized spacial score (nSPS) is 16.4. The largest absolute Gasteiger partial charge is 0.493 e. The number of carbonyl (C=O) groups is 1. The lowest BCUT2D eigenvalue weighted by Gasteiger charge is -2.32. The number of esters is 1. The van der Waals surface area contributed by atoms with Crippen molar-refractivity contribution < 1.29 is 14.3 Å². The van der Waals surface area contributed by atoms with Crippen LogP contribution in [0.3, 0.4) is 0 Å². The predicted molar refractivity (Wildman–Crippen MR) is 156 cm³/mol. The molecule has 1 aliphatic heterocycles. The first-order chi connectivity index (χ1) is 19.0. The van der Waals surface area contributed by atoms with E-state index in [1.165, 1.54) is 0 Å². The Morgan fingerprint density at radius 3 is 2.59 bits per heavy atom. The van der Waals surface area contributed by atoms with Gasteiger partial charge >= 0.3 is 5.97 Å². The SMILES string of the molecule is CCN(CC)c1ccc(C2(c3c(C)n(CC)c4ccccc34)OC(=O)c3cccnc32)c(OCCCCN)c1. The van der Waals surface area contributed by atoms with Crippen molar-refractivity contribution in [2.45, 2.75) is 52.7 Å². The molecule has 1 unspecified atom stereocenters. The third-order valence-corrected chi connectivity index (χ3v) is 7.84. The molecule has 0 fully saturated rings. The number of hydrogen-bond acceptors (Lipinski definition) is 6. The van der Waals surface area contributed by atoms with E-state index in [9.17, 15) is 4.79 Å². The number of cyclic esters (lactones) is 1. The van der Waals surface area contributed by atoms with Gasteiger partial charge in [-0.3, -0.25) is 4.98 Å². The highest BCUT2D eigenvalue weighted by Crippen LogP contribution is 2.52. The highest BCUT2D eigenvalue weighted by Gasteiger charge is 2.54. The average molecular weight is 527 g/mol. The van der Waals surface area contributed by atoms with Crippen LogP contribution in [0, 0.1) is 6.92 Å². The van der Waals surface area contributed by atoms with Gasteiger partial charge in [-0.05, 0) is 77.4 Å². The van der Waals surface area contributed by atoms with Crippen molar-refractivity contribution in [1.29, 1.82) is 0 Å². The minimum atomic E-state index is -1.26. The Balaban J connectivity index is 1.84. The Morgan fingerprint density at radius 2 is 1.85 bits per heavy atom. The second-order valence-electron chi connectivity index (χ2n) is 9.89. The lowest BCUT2D eigenvalue weighted by Crippen LogP contribution is -2.32. The van der Waals surface area contributed by atoms with Crippen LogP contribution in [0.25, 0.3) is 10.9 Å². The number of unbranched alkanes of at least 4 members (excludes halogenated alkanes) is 1. The number of ether oxygens (including phenoxy) is 2. The van der Waals surface area contributed by atoms with Gasteiger partial charge in [-0.15, -0.1) is 0 Å². The summed E-state index contributed by atoms with van der Waals surface area (Å²) in [6.07, 6.45) is 3.44. The van der Waals surface area contributed by atoms with Crippen LogP contribution >= 0.6 is 0 Å². The molecule has 0 saturated carbocycles. The van der Waals surface area contributed by atoms with E-state index in [-0.39, 0.29) is 5.97 Å². The Morgan fingerprint density at radius 1 is 1.05 bits per heavy atom. The van der Waals surface area contributed by atoms with Crippen molar-refractivity contribution >= 4 is 22.6 Å². The number of aromatic nitrogens is 2. The lowest BCUT2D eigenvalue weighted by atomic mass is 9.80. The van der Waals surface area contributed by atoms with Gasteiger partial charge in [0.15, 0.2) is 0 Å². The molecule has 2 N–H and O–H groups in total. The zero-order valence-corrected chi connectivity index (χ0v) is 23.4. The molecule has 2 aromatic carbocycles. The fourth-order valence-electron chi connectivity index (χ4n) is 6.00. The monoisotopic (exact) mass is 526 g/mol. The third-order valence-electron chi connectivity index (χ3n) is 7.84. The molecular weight excluding hydrogens is 488 g/mol. The summed E-state index contributed by atoms with van der Waals surface area (Å²) in [5.41, 5.74) is 10.5. The number of rotatable bonds is 11. The van der Waals surface area contributed by atoms with Crippen molar-refractivity contribution in [3.05, 3.63) is 88.9 Å².